The van der Waals surface area contributed by atoms with Crippen LogP contribution in [0, 0.1) is 0 Å². The zero-order valence-electron chi connectivity index (χ0n) is 10.3. The average Bonchev–Trinajstić information content (AvgIpc) is 2.37. The monoisotopic (exact) mass is 243 g/mol. The first kappa shape index (κ1) is 13.6. The molecule has 0 spiro atoms. The molecule has 1 atom stereocenters. The van der Waals surface area contributed by atoms with E-state index in [1.807, 2.05) is 0 Å². The molecular weight excluding hydrogens is 225 g/mol. The molecule has 0 aliphatic rings. The molecule has 0 saturated heterocycles. The van der Waals surface area contributed by atoms with E-state index < -0.39 is 6.67 Å². The second kappa shape index (κ2) is 6.30. The Morgan fingerprint density at radius 1 is 1.12 bits per heavy atom. The van der Waals surface area contributed by atoms with E-state index >= 15 is 0 Å². The number of nitrogens with two attached hydrogens (primary N) is 1. The molecular formula is C12H18FNO3. The third-order valence-electron chi connectivity index (χ3n) is 2.54. The maximum absolute atomic E-state index is 12.3. The molecule has 0 unspecified atom stereocenters. The summed E-state index contributed by atoms with van der Waals surface area (Å²) >= 11 is 0. The average molecular weight is 243 g/mol. The standard InChI is InChI=1S/C12H18FNO3/c1-15-10-6-8(9(14)4-5-13)7-11(16-2)12(10)17-3/h6-7,9H,4-5,14H2,1-3H3/t9-/m0/s1. The van der Waals surface area contributed by atoms with E-state index in [9.17, 15) is 4.39 Å². The first-order valence-electron chi connectivity index (χ1n) is 5.29. The molecule has 0 aliphatic carbocycles. The first-order valence-corrected chi connectivity index (χ1v) is 5.29. The van der Waals surface area contributed by atoms with Crippen LogP contribution in [0.3, 0.4) is 0 Å². The fourth-order valence-corrected chi connectivity index (χ4v) is 1.60. The summed E-state index contributed by atoms with van der Waals surface area (Å²) in [5, 5.41) is 0. The van der Waals surface area contributed by atoms with Crippen molar-refractivity contribution in [2.45, 2.75) is 12.5 Å². The summed E-state index contributed by atoms with van der Waals surface area (Å²) in [6.45, 7) is -0.460. The summed E-state index contributed by atoms with van der Waals surface area (Å²) in [7, 11) is 4.59. The highest BCUT2D eigenvalue weighted by molar-refractivity contribution is 5.54. The van der Waals surface area contributed by atoms with Crippen LogP contribution in [0.5, 0.6) is 17.2 Å². The van der Waals surface area contributed by atoms with Crippen molar-refractivity contribution in [2.75, 3.05) is 28.0 Å². The van der Waals surface area contributed by atoms with Gasteiger partial charge >= 0.3 is 0 Å². The van der Waals surface area contributed by atoms with Crippen LogP contribution < -0.4 is 19.9 Å². The van der Waals surface area contributed by atoms with Crippen LogP contribution in [-0.4, -0.2) is 28.0 Å². The van der Waals surface area contributed by atoms with Gasteiger partial charge < -0.3 is 19.9 Å². The Bertz CT molecular complexity index is 346. The third kappa shape index (κ3) is 3.00. The van der Waals surface area contributed by atoms with Crippen LogP contribution in [-0.2, 0) is 0 Å². The molecule has 0 heterocycles. The highest BCUT2D eigenvalue weighted by Crippen LogP contribution is 2.39. The molecule has 0 fully saturated rings. The van der Waals surface area contributed by atoms with E-state index in [-0.39, 0.29) is 12.5 Å². The minimum absolute atomic E-state index is 0.263. The van der Waals surface area contributed by atoms with Gasteiger partial charge in [-0.1, -0.05) is 0 Å². The summed E-state index contributed by atoms with van der Waals surface area (Å²) in [5.74, 6) is 1.55. The van der Waals surface area contributed by atoms with Crippen molar-refractivity contribution in [2.24, 2.45) is 5.73 Å². The molecule has 1 rings (SSSR count). The number of methoxy groups -OCH3 is 3. The van der Waals surface area contributed by atoms with Gasteiger partial charge in [0, 0.05) is 6.04 Å². The predicted molar refractivity (Wildman–Crippen MR) is 63.6 cm³/mol. The van der Waals surface area contributed by atoms with Gasteiger partial charge in [0.05, 0.1) is 28.0 Å². The summed E-state index contributed by atoms with van der Waals surface area (Å²) in [5.41, 5.74) is 6.61. The van der Waals surface area contributed by atoms with Crippen molar-refractivity contribution >= 4 is 0 Å². The minimum Gasteiger partial charge on any atom is -0.493 e. The lowest BCUT2D eigenvalue weighted by molar-refractivity contribution is 0.323. The largest absolute Gasteiger partial charge is 0.493 e. The van der Waals surface area contributed by atoms with Crippen LogP contribution in [0.2, 0.25) is 0 Å². The van der Waals surface area contributed by atoms with Crippen molar-refractivity contribution in [1.29, 1.82) is 0 Å². The van der Waals surface area contributed by atoms with E-state index in [4.69, 9.17) is 19.9 Å². The van der Waals surface area contributed by atoms with Gasteiger partial charge in [0.15, 0.2) is 11.5 Å². The van der Waals surface area contributed by atoms with Crippen LogP contribution in [0.4, 0.5) is 4.39 Å². The van der Waals surface area contributed by atoms with Gasteiger partial charge in [0.1, 0.15) is 0 Å². The first-order chi connectivity index (χ1) is 8.17. The smallest absolute Gasteiger partial charge is 0.203 e. The quantitative estimate of drug-likeness (QED) is 0.831. The number of benzene rings is 1. The molecule has 0 aromatic heterocycles. The number of hydrogen-bond acceptors (Lipinski definition) is 4. The lowest BCUT2D eigenvalue weighted by Crippen LogP contribution is -2.11. The summed E-state index contributed by atoms with van der Waals surface area (Å²) < 4.78 is 27.8. The molecule has 4 nitrogen and oxygen atoms in total. The van der Waals surface area contributed by atoms with Gasteiger partial charge in [-0.2, -0.15) is 0 Å². The molecule has 0 amide bonds. The van der Waals surface area contributed by atoms with E-state index in [0.717, 1.165) is 5.56 Å². The Kier molecular flexibility index (Phi) is 5.03. The zero-order valence-corrected chi connectivity index (χ0v) is 10.3. The van der Waals surface area contributed by atoms with E-state index in [1.54, 1.807) is 12.1 Å². The number of alkyl halides is 1. The lowest BCUT2D eigenvalue weighted by atomic mass is 10.0. The zero-order chi connectivity index (χ0) is 12.8. The number of hydrogen-bond donors (Lipinski definition) is 1. The Morgan fingerprint density at radius 3 is 2.00 bits per heavy atom. The Labute approximate surface area is 100 Å². The predicted octanol–water partition coefficient (Wildman–Crippen LogP) is 2.07. The highest BCUT2D eigenvalue weighted by atomic mass is 19.1. The minimum atomic E-state index is -0.460. The fraction of sp³-hybridized carbons (Fsp3) is 0.500. The molecule has 96 valence electrons. The Balaban J connectivity index is 3.17. The van der Waals surface area contributed by atoms with Gasteiger partial charge in [-0.3, -0.25) is 4.39 Å². The molecule has 0 saturated carbocycles. The molecule has 1 aromatic rings. The maximum Gasteiger partial charge on any atom is 0.203 e. The highest BCUT2D eigenvalue weighted by Gasteiger charge is 2.16. The van der Waals surface area contributed by atoms with Crippen LogP contribution in [0.1, 0.15) is 18.0 Å². The molecule has 5 heteroatoms. The Morgan fingerprint density at radius 2 is 1.65 bits per heavy atom. The van der Waals surface area contributed by atoms with E-state index in [1.165, 1.54) is 21.3 Å². The molecule has 0 radical (unpaired) electrons. The van der Waals surface area contributed by atoms with Crippen LogP contribution in [0.15, 0.2) is 12.1 Å². The number of ether oxygens (including phenoxy) is 3. The van der Waals surface area contributed by atoms with E-state index in [2.05, 4.69) is 0 Å². The van der Waals surface area contributed by atoms with Crippen molar-refractivity contribution in [3.8, 4) is 17.2 Å². The van der Waals surface area contributed by atoms with Crippen molar-refractivity contribution in [3.05, 3.63) is 17.7 Å². The van der Waals surface area contributed by atoms with Crippen LogP contribution in [0.25, 0.3) is 0 Å². The number of rotatable bonds is 6. The lowest BCUT2D eigenvalue weighted by Gasteiger charge is -2.16. The second-order valence-electron chi connectivity index (χ2n) is 3.54. The normalized spacial score (nSPS) is 12.1. The third-order valence-corrected chi connectivity index (χ3v) is 2.54. The topological polar surface area (TPSA) is 53.7 Å². The maximum atomic E-state index is 12.3. The summed E-state index contributed by atoms with van der Waals surface area (Å²) in [6.07, 6.45) is 0.263. The second-order valence-corrected chi connectivity index (χ2v) is 3.54. The SMILES string of the molecule is COc1cc([C@@H](N)CCF)cc(OC)c1OC. The summed E-state index contributed by atoms with van der Waals surface area (Å²) in [6, 6.07) is 3.09. The number of halogens is 1. The summed E-state index contributed by atoms with van der Waals surface area (Å²) in [4.78, 5) is 0. The fourth-order valence-electron chi connectivity index (χ4n) is 1.60. The van der Waals surface area contributed by atoms with Crippen molar-refractivity contribution in [1.82, 2.24) is 0 Å². The van der Waals surface area contributed by atoms with Gasteiger partial charge in [0.25, 0.3) is 0 Å². The van der Waals surface area contributed by atoms with Gasteiger partial charge in [-0.05, 0) is 24.1 Å². The molecule has 0 bridgehead atoms. The molecule has 0 aliphatic heterocycles. The van der Waals surface area contributed by atoms with Crippen molar-refractivity contribution < 1.29 is 18.6 Å². The van der Waals surface area contributed by atoms with Crippen molar-refractivity contribution in [3.63, 3.8) is 0 Å². The molecule has 17 heavy (non-hydrogen) atoms. The van der Waals surface area contributed by atoms with Gasteiger partial charge in [-0.15, -0.1) is 0 Å². The molecule has 2 N–H and O–H groups in total. The van der Waals surface area contributed by atoms with E-state index in [0.29, 0.717) is 17.2 Å². The van der Waals surface area contributed by atoms with Gasteiger partial charge in [-0.25, -0.2) is 0 Å². The van der Waals surface area contributed by atoms with Crippen LogP contribution >= 0.6 is 0 Å². The Hall–Kier alpha value is -1.49. The van der Waals surface area contributed by atoms with Gasteiger partial charge in [0.2, 0.25) is 5.75 Å². The molecule has 1 aromatic carbocycles.